The Morgan fingerprint density at radius 3 is 2.38 bits per heavy atom. The van der Waals surface area contributed by atoms with Gasteiger partial charge in [-0.15, -0.1) is 0 Å². The van der Waals surface area contributed by atoms with Gasteiger partial charge in [-0.05, 0) is 44.9 Å². The zero-order valence-electron chi connectivity index (χ0n) is 12.8. The van der Waals surface area contributed by atoms with Gasteiger partial charge in [-0.1, -0.05) is 13.0 Å². The molecule has 2 atom stereocenters. The number of aliphatic hydroxyl groups is 1. The molecule has 0 aliphatic carbocycles. The minimum absolute atomic E-state index is 0.130. The predicted molar refractivity (Wildman–Crippen MR) is 82.3 cm³/mol. The monoisotopic (exact) mass is 292 g/mol. The molecular formula is C16H24N2O3. The smallest absolute Gasteiger partial charge is 0.251 e. The van der Waals surface area contributed by atoms with Gasteiger partial charge in [0.25, 0.3) is 11.8 Å². The van der Waals surface area contributed by atoms with Crippen LogP contribution in [0.25, 0.3) is 0 Å². The van der Waals surface area contributed by atoms with Gasteiger partial charge < -0.3 is 15.7 Å². The molecule has 0 unspecified atom stereocenters. The normalized spacial score (nSPS) is 13.3. The molecule has 1 rings (SSSR count). The van der Waals surface area contributed by atoms with Crippen LogP contribution in [0, 0.1) is 0 Å². The Kier molecular flexibility index (Phi) is 6.88. The van der Waals surface area contributed by atoms with Gasteiger partial charge in [0.15, 0.2) is 0 Å². The highest BCUT2D eigenvalue weighted by molar-refractivity contribution is 5.99. The summed E-state index contributed by atoms with van der Waals surface area (Å²) in [6.07, 6.45) is 0.886. The molecule has 5 nitrogen and oxygen atoms in total. The molecule has 2 amide bonds. The van der Waals surface area contributed by atoms with E-state index in [-0.39, 0.29) is 17.9 Å². The van der Waals surface area contributed by atoms with E-state index in [2.05, 4.69) is 10.6 Å². The van der Waals surface area contributed by atoms with Crippen molar-refractivity contribution < 1.29 is 14.7 Å². The SMILES string of the molecule is CCCNC(=O)c1cccc(C(=O)N[C@@H](C)C[C@H](C)O)c1. The van der Waals surface area contributed by atoms with Crippen molar-refractivity contribution in [3.05, 3.63) is 35.4 Å². The Balaban J connectivity index is 2.70. The minimum Gasteiger partial charge on any atom is -0.393 e. The molecule has 0 saturated heterocycles. The number of hydrogen-bond acceptors (Lipinski definition) is 3. The van der Waals surface area contributed by atoms with E-state index in [0.717, 1.165) is 6.42 Å². The number of benzene rings is 1. The lowest BCUT2D eigenvalue weighted by Gasteiger charge is -2.15. The largest absolute Gasteiger partial charge is 0.393 e. The fourth-order valence-electron chi connectivity index (χ4n) is 2.02. The molecule has 116 valence electrons. The molecular weight excluding hydrogens is 268 g/mol. The van der Waals surface area contributed by atoms with E-state index in [1.165, 1.54) is 0 Å². The van der Waals surface area contributed by atoms with Crippen LogP contribution in [0.5, 0.6) is 0 Å². The first-order valence-corrected chi connectivity index (χ1v) is 7.31. The summed E-state index contributed by atoms with van der Waals surface area (Å²) in [5.74, 6) is -0.420. The molecule has 0 spiro atoms. The number of nitrogens with one attached hydrogen (secondary N) is 2. The summed E-state index contributed by atoms with van der Waals surface area (Å²) in [5.41, 5.74) is 0.913. The lowest BCUT2D eigenvalue weighted by molar-refractivity contribution is 0.0923. The van der Waals surface area contributed by atoms with E-state index in [0.29, 0.717) is 24.1 Å². The minimum atomic E-state index is -0.466. The van der Waals surface area contributed by atoms with Crippen molar-refractivity contribution in [2.24, 2.45) is 0 Å². The average molecular weight is 292 g/mol. The summed E-state index contributed by atoms with van der Waals surface area (Å²) in [4.78, 5) is 24.0. The average Bonchev–Trinajstić information content (AvgIpc) is 2.43. The Labute approximate surface area is 125 Å². The van der Waals surface area contributed by atoms with E-state index in [1.54, 1.807) is 31.2 Å². The highest BCUT2D eigenvalue weighted by Gasteiger charge is 2.13. The molecule has 0 aromatic heterocycles. The van der Waals surface area contributed by atoms with Crippen LogP contribution in [0.2, 0.25) is 0 Å². The number of aliphatic hydroxyl groups excluding tert-OH is 1. The van der Waals surface area contributed by atoms with Crippen molar-refractivity contribution in [2.45, 2.75) is 45.8 Å². The lowest BCUT2D eigenvalue weighted by atomic mass is 10.1. The summed E-state index contributed by atoms with van der Waals surface area (Å²) >= 11 is 0. The predicted octanol–water partition coefficient (Wildman–Crippen LogP) is 1.72. The first-order chi connectivity index (χ1) is 9.93. The van der Waals surface area contributed by atoms with E-state index in [4.69, 9.17) is 0 Å². The number of carbonyl (C=O) groups excluding carboxylic acids is 2. The molecule has 5 heteroatoms. The van der Waals surface area contributed by atoms with Crippen LogP contribution < -0.4 is 10.6 Å². The topological polar surface area (TPSA) is 78.4 Å². The Morgan fingerprint density at radius 2 is 1.81 bits per heavy atom. The van der Waals surface area contributed by atoms with Gasteiger partial charge in [-0.3, -0.25) is 9.59 Å². The first-order valence-electron chi connectivity index (χ1n) is 7.31. The fraction of sp³-hybridized carbons (Fsp3) is 0.500. The van der Waals surface area contributed by atoms with Gasteiger partial charge in [0.1, 0.15) is 0 Å². The van der Waals surface area contributed by atoms with Crippen molar-refractivity contribution in [2.75, 3.05) is 6.54 Å². The molecule has 1 aromatic carbocycles. The zero-order valence-corrected chi connectivity index (χ0v) is 12.8. The third kappa shape index (κ3) is 5.95. The summed E-state index contributed by atoms with van der Waals surface area (Å²) in [7, 11) is 0. The van der Waals surface area contributed by atoms with E-state index < -0.39 is 6.10 Å². The van der Waals surface area contributed by atoms with Gasteiger partial charge in [-0.25, -0.2) is 0 Å². The second kappa shape index (κ2) is 8.42. The van der Waals surface area contributed by atoms with Gasteiger partial charge in [-0.2, -0.15) is 0 Å². The van der Waals surface area contributed by atoms with E-state index in [1.807, 2.05) is 13.8 Å². The summed E-state index contributed by atoms with van der Waals surface area (Å²) in [6, 6.07) is 6.49. The molecule has 0 saturated carbocycles. The van der Waals surface area contributed by atoms with Crippen LogP contribution in [-0.4, -0.2) is 35.6 Å². The second-order valence-corrected chi connectivity index (χ2v) is 5.30. The number of amides is 2. The van der Waals surface area contributed by atoms with E-state index >= 15 is 0 Å². The molecule has 3 N–H and O–H groups in total. The maximum absolute atomic E-state index is 12.1. The molecule has 0 fully saturated rings. The van der Waals surface area contributed by atoms with Gasteiger partial charge in [0.2, 0.25) is 0 Å². The number of hydrogen-bond donors (Lipinski definition) is 3. The maximum Gasteiger partial charge on any atom is 0.251 e. The van der Waals surface area contributed by atoms with Crippen molar-refractivity contribution in [1.82, 2.24) is 10.6 Å². The molecule has 21 heavy (non-hydrogen) atoms. The van der Waals surface area contributed by atoms with E-state index in [9.17, 15) is 14.7 Å². The van der Waals surface area contributed by atoms with Crippen LogP contribution in [0.15, 0.2) is 24.3 Å². The van der Waals surface area contributed by atoms with Crippen molar-refractivity contribution >= 4 is 11.8 Å². The third-order valence-electron chi connectivity index (χ3n) is 2.99. The Hall–Kier alpha value is -1.88. The lowest BCUT2D eigenvalue weighted by Crippen LogP contribution is -2.34. The molecule has 0 aliphatic rings. The zero-order chi connectivity index (χ0) is 15.8. The molecule has 0 radical (unpaired) electrons. The highest BCUT2D eigenvalue weighted by atomic mass is 16.3. The van der Waals surface area contributed by atoms with Crippen LogP contribution in [0.3, 0.4) is 0 Å². The van der Waals surface area contributed by atoms with Crippen molar-refractivity contribution in [3.63, 3.8) is 0 Å². The van der Waals surface area contributed by atoms with Crippen LogP contribution in [0.4, 0.5) is 0 Å². The molecule has 0 heterocycles. The van der Waals surface area contributed by atoms with Gasteiger partial charge in [0.05, 0.1) is 6.10 Å². The maximum atomic E-state index is 12.1. The standard InChI is InChI=1S/C16H24N2O3/c1-4-8-17-15(20)13-6-5-7-14(10-13)16(21)18-11(2)9-12(3)19/h5-7,10-12,19H,4,8-9H2,1-3H3,(H,17,20)(H,18,21)/t11-,12-/m0/s1. The molecule has 1 aromatic rings. The molecule has 0 aliphatic heterocycles. The first kappa shape index (κ1) is 17.2. The number of carbonyl (C=O) groups is 2. The van der Waals surface area contributed by atoms with Crippen LogP contribution >= 0.6 is 0 Å². The molecule has 0 bridgehead atoms. The van der Waals surface area contributed by atoms with Crippen molar-refractivity contribution in [1.29, 1.82) is 0 Å². The summed E-state index contributed by atoms with van der Waals surface area (Å²) in [6.45, 7) is 6.11. The van der Waals surface area contributed by atoms with Crippen molar-refractivity contribution in [3.8, 4) is 0 Å². The quantitative estimate of drug-likeness (QED) is 0.716. The Morgan fingerprint density at radius 1 is 1.19 bits per heavy atom. The fourth-order valence-corrected chi connectivity index (χ4v) is 2.02. The highest BCUT2D eigenvalue weighted by Crippen LogP contribution is 2.07. The second-order valence-electron chi connectivity index (χ2n) is 5.30. The summed E-state index contributed by atoms with van der Waals surface area (Å²) < 4.78 is 0. The van der Waals surface area contributed by atoms with Crippen LogP contribution in [-0.2, 0) is 0 Å². The van der Waals surface area contributed by atoms with Gasteiger partial charge >= 0.3 is 0 Å². The van der Waals surface area contributed by atoms with Gasteiger partial charge in [0, 0.05) is 23.7 Å². The summed E-state index contributed by atoms with van der Waals surface area (Å²) in [5, 5.41) is 14.9. The number of rotatable bonds is 7. The third-order valence-corrected chi connectivity index (χ3v) is 2.99. The Bertz CT molecular complexity index is 486. The van der Waals surface area contributed by atoms with Crippen LogP contribution in [0.1, 0.15) is 54.3 Å².